The molecule has 3 aromatic rings. The first-order valence-corrected chi connectivity index (χ1v) is 7.33. The van der Waals surface area contributed by atoms with Gasteiger partial charge in [-0.3, -0.25) is 0 Å². The van der Waals surface area contributed by atoms with Gasteiger partial charge in [0, 0.05) is 18.7 Å². The zero-order chi connectivity index (χ0) is 15.5. The summed E-state index contributed by atoms with van der Waals surface area (Å²) < 4.78 is 10.8. The normalized spacial score (nSPS) is 10.4. The average molecular weight is 299 g/mol. The molecule has 3 aromatic carbocycles. The van der Waals surface area contributed by atoms with E-state index in [1.807, 2.05) is 6.07 Å². The Morgan fingerprint density at radius 2 is 1.83 bits per heavy atom. The Balaban J connectivity index is 0.00000192. The number of hydrogen-bond acceptors (Lipinski definition) is 2. The maximum absolute atomic E-state index is 5.72. The molecule has 2 nitrogen and oxygen atoms in total. The van der Waals surface area contributed by atoms with Crippen LogP contribution in [0, 0.1) is 19.9 Å². The summed E-state index contributed by atoms with van der Waals surface area (Å²) in [6.45, 7) is 4.42. The summed E-state index contributed by atoms with van der Waals surface area (Å²) >= 11 is 0. The van der Waals surface area contributed by atoms with Crippen LogP contribution in [-0.2, 0) is 4.74 Å². The van der Waals surface area contributed by atoms with Crippen LogP contribution in [0.2, 0.25) is 0 Å². The van der Waals surface area contributed by atoms with E-state index in [4.69, 9.17) is 9.47 Å². The molecule has 3 heteroatoms. The molecule has 0 aromatic heterocycles. The second-order valence-corrected chi connectivity index (χ2v) is 5.45. The van der Waals surface area contributed by atoms with Gasteiger partial charge >= 0.3 is 18.9 Å². The molecule has 113 valence electrons. The van der Waals surface area contributed by atoms with Crippen molar-refractivity contribution < 1.29 is 9.47 Å². The molecule has 0 saturated heterocycles. The van der Waals surface area contributed by atoms with Gasteiger partial charge in [0.15, 0.2) is 6.79 Å². The van der Waals surface area contributed by atoms with Gasteiger partial charge in [-0.25, -0.2) is 0 Å². The second-order valence-electron chi connectivity index (χ2n) is 5.45. The molecule has 0 fully saturated rings. The van der Waals surface area contributed by atoms with Crippen LogP contribution in [0.5, 0.6) is 5.75 Å². The summed E-state index contributed by atoms with van der Waals surface area (Å²) in [6.07, 6.45) is 0. The van der Waals surface area contributed by atoms with Gasteiger partial charge in [-0.15, -0.1) is 0 Å². The molecule has 0 saturated carbocycles. The monoisotopic (exact) mass is 299 g/mol. The van der Waals surface area contributed by atoms with Crippen molar-refractivity contribution in [3.8, 4) is 16.9 Å². The molecule has 3 rings (SSSR count). The fourth-order valence-corrected chi connectivity index (χ4v) is 2.75. The fourth-order valence-electron chi connectivity index (χ4n) is 2.75. The maximum atomic E-state index is 5.72. The molecular weight excluding hydrogens is 279 g/mol. The topological polar surface area (TPSA) is 18.5 Å². The van der Waals surface area contributed by atoms with E-state index in [0.717, 1.165) is 16.9 Å². The SMILES string of the molecule is COCOc1[c]cc(C)cc1-c1c(C)ccc2ccccc12.[LiH]. The first-order valence-electron chi connectivity index (χ1n) is 7.33. The predicted octanol–water partition coefficient (Wildman–Crippen LogP) is 4.26. The van der Waals surface area contributed by atoms with E-state index in [1.165, 1.54) is 21.9 Å². The van der Waals surface area contributed by atoms with Gasteiger partial charge in [-0.05, 0) is 53.4 Å². The number of hydrogen-bond donors (Lipinski definition) is 0. The fraction of sp³-hybridized carbons (Fsp3) is 0.200. The van der Waals surface area contributed by atoms with Crippen LogP contribution in [0.4, 0.5) is 0 Å². The van der Waals surface area contributed by atoms with Gasteiger partial charge in [0.1, 0.15) is 5.75 Å². The summed E-state index contributed by atoms with van der Waals surface area (Å²) in [6, 6.07) is 20.0. The van der Waals surface area contributed by atoms with Gasteiger partial charge in [0.25, 0.3) is 0 Å². The summed E-state index contributed by atoms with van der Waals surface area (Å²) in [7, 11) is 1.62. The van der Waals surface area contributed by atoms with E-state index in [9.17, 15) is 0 Å². The Morgan fingerprint density at radius 3 is 2.61 bits per heavy atom. The van der Waals surface area contributed by atoms with E-state index in [1.54, 1.807) is 7.11 Å². The van der Waals surface area contributed by atoms with Crippen molar-refractivity contribution in [2.45, 2.75) is 13.8 Å². The summed E-state index contributed by atoms with van der Waals surface area (Å²) in [5.74, 6) is 0.729. The standard InChI is InChI=1S/C20H19O2.Li.H/c1-14-8-11-19(22-13-21-3)18(12-14)20-15(2)9-10-16-6-4-5-7-17(16)20;;/h4-10,12H,13H2,1-3H3;;. The summed E-state index contributed by atoms with van der Waals surface area (Å²) in [5.41, 5.74) is 4.64. The quantitative estimate of drug-likeness (QED) is 0.529. The van der Waals surface area contributed by atoms with E-state index in [0.29, 0.717) is 0 Å². The molecule has 0 bridgehead atoms. The molecule has 0 heterocycles. The molecule has 0 amide bonds. The van der Waals surface area contributed by atoms with Crippen molar-refractivity contribution >= 4 is 29.6 Å². The van der Waals surface area contributed by atoms with Crippen LogP contribution >= 0.6 is 0 Å². The van der Waals surface area contributed by atoms with Crippen LogP contribution in [-0.4, -0.2) is 32.8 Å². The van der Waals surface area contributed by atoms with E-state index in [2.05, 4.69) is 62.4 Å². The van der Waals surface area contributed by atoms with Crippen LogP contribution in [0.3, 0.4) is 0 Å². The Kier molecular flexibility index (Phi) is 5.90. The number of aryl methyl sites for hydroxylation is 2. The Labute approximate surface area is 149 Å². The number of ether oxygens (including phenoxy) is 2. The van der Waals surface area contributed by atoms with Gasteiger partial charge in [0.05, 0.1) is 0 Å². The van der Waals surface area contributed by atoms with E-state index < -0.39 is 0 Å². The van der Waals surface area contributed by atoms with Crippen LogP contribution in [0.25, 0.3) is 21.9 Å². The molecular formula is C20H20LiO2. The third kappa shape index (κ3) is 3.62. The van der Waals surface area contributed by atoms with Gasteiger partial charge in [0.2, 0.25) is 0 Å². The van der Waals surface area contributed by atoms with Crippen molar-refractivity contribution in [3.05, 3.63) is 65.7 Å². The van der Waals surface area contributed by atoms with Crippen molar-refractivity contribution in [2.75, 3.05) is 13.9 Å². The Hall–Kier alpha value is -1.72. The third-order valence-corrected chi connectivity index (χ3v) is 3.78. The number of methoxy groups -OCH3 is 1. The first-order chi connectivity index (χ1) is 10.7. The van der Waals surface area contributed by atoms with Crippen LogP contribution in [0.1, 0.15) is 11.1 Å². The molecule has 0 aliphatic carbocycles. The molecule has 0 aliphatic heterocycles. The molecule has 23 heavy (non-hydrogen) atoms. The van der Waals surface area contributed by atoms with Crippen molar-refractivity contribution in [1.82, 2.24) is 0 Å². The zero-order valence-electron chi connectivity index (χ0n) is 13.1. The summed E-state index contributed by atoms with van der Waals surface area (Å²) in [5, 5.41) is 2.45. The first kappa shape index (κ1) is 17.6. The molecule has 0 aliphatic rings. The van der Waals surface area contributed by atoms with Gasteiger partial charge < -0.3 is 9.47 Å². The molecule has 1 radical (unpaired) electrons. The Bertz CT molecular complexity index is 812. The second kappa shape index (κ2) is 7.70. The van der Waals surface area contributed by atoms with Gasteiger partial charge in [-0.1, -0.05) is 36.4 Å². The minimum absolute atomic E-state index is 0. The molecule has 0 N–H and O–H groups in total. The number of benzene rings is 3. The molecule has 0 atom stereocenters. The molecule has 0 spiro atoms. The van der Waals surface area contributed by atoms with E-state index >= 15 is 0 Å². The van der Waals surface area contributed by atoms with Crippen molar-refractivity contribution in [3.63, 3.8) is 0 Å². The van der Waals surface area contributed by atoms with Crippen molar-refractivity contribution in [1.29, 1.82) is 0 Å². The molecule has 0 unspecified atom stereocenters. The van der Waals surface area contributed by atoms with Gasteiger partial charge in [-0.2, -0.15) is 0 Å². The third-order valence-electron chi connectivity index (χ3n) is 3.78. The van der Waals surface area contributed by atoms with Crippen LogP contribution in [0.15, 0.2) is 48.5 Å². The average Bonchev–Trinajstić information content (AvgIpc) is 2.53. The van der Waals surface area contributed by atoms with Crippen LogP contribution < -0.4 is 4.74 Å². The van der Waals surface area contributed by atoms with Crippen molar-refractivity contribution in [2.24, 2.45) is 0 Å². The predicted molar refractivity (Wildman–Crippen MR) is 97.3 cm³/mol. The number of rotatable bonds is 4. The minimum atomic E-state index is 0. The number of fused-ring (bicyclic) bond motifs is 1. The zero-order valence-corrected chi connectivity index (χ0v) is 13.1. The Morgan fingerprint density at radius 1 is 1.04 bits per heavy atom. The summed E-state index contributed by atoms with van der Waals surface area (Å²) in [4.78, 5) is 0. The van der Waals surface area contributed by atoms with E-state index in [-0.39, 0.29) is 25.7 Å².